The fraction of sp³-hybridized carbons (Fsp3) is 0.889. The molecule has 0 bridgehead atoms. The Bertz CT molecular complexity index is 295. The molecular weight excluding hydrogens is 154 g/mol. The molecule has 3 nitrogen and oxygen atoms in total. The van der Waals surface area contributed by atoms with Gasteiger partial charge in [0.15, 0.2) is 0 Å². The number of nitrogens with two attached hydrogens (primary N) is 1. The van der Waals surface area contributed by atoms with Crippen molar-refractivity contribution >= 4 is 5.97 Å². The third-order valence-corrected chi connectivity index (χ3v) is 2.33. The predicted molar refractivity (Wildman–Crippen MR) is 46.8 cm³/mol. The van der Waals surface area contributed by atoms with Crippen LogP contribution in [-0.4, -0.2) is 17.6 Å². The number of carboxylic acids is 1. The highest BCUT2D eigenvalue weighted by Crippen LogP contribution is 2.38. The Morgan fingerprint density at radius 2 is 2.33 bits per heavy atom. The van der Waals surface area contributed by atoms with E-state index in [9.17, 15) is 4.79 Å². The van der Waals surface area contributed by atoms with E-state index < -0.39 is 24.1 Å². The van der Waals surface area contributed by atoms with Crippen molar-refractivity contribution in [2.75, 3.05) is 6.54 Å². The van der Waals surface area contributed by atoms with Crippen LogP contribution in [0.3, 0.4) is 0 Å². The summed E-state index contributed by atoms with van der Waals surface area (Å²) in [7, 11) is 0. The van der Waals surface area contributed by atoms with Gasteiger partial charge < -0.3 is 10.8 Å². The summed E-state index contributed by atoms with van der Waals surface area (Å²) in [4.78, 5) is 10.7. The average molecular weight is 175 g/mol. The second kappa shape index (κ2) is 3.90. The summed E-state index contributed by atoms with van der Waals surface area (Å²) < 4.78 is 30.5. The van der Waals surface area contributed by atoms with Crippen LogP contribution in [0.15, 0.2) is 0 Å². The van der Waals surface area contributed by atoms with Crippen molar-refractivity contribution in [3.8, 4) is 0 Å². The lowest BCUT2D eigenvalue weighted by Gasteiger charge is -2.34. The fourth-order valence-electron chi connectivity index (χ4n) is 1.47. The molecule has 1 atom stereocenters. The number of hydrogen-bond acceptors (Lipinski definition) is 2. The van der Waals surface area contributed by atoms with Gasteiger partial charge in [0.25, 0.3) is 0 Å². The first-order valence-electron chi connectivity index (χ1n) is 6.06. The minimum Gasteiger partial charge on any atom is -0.481 e. The molecule has 3 heteroatoms. The van der Waals surface area contributed by atoms with Gasteiger partial charge in [-0.25, -0.2) is 0 Å². The second-order valence-electron chi connectivity index (χ2n) is 3.30. The number of carboxylic acid groups (broad SMARTS) is 1. The van der Waals surface area contributed by atoms with Gasteiger partial charge in [0.05, 0.1) is 6.42 Å². The Balaban J connectivity index is 2.90. The first kappa shape index (κ1) is 5.22. The van der Waals surface area contributed by atoms with Crippen molar-refractivity contribution in [2.45, 2.75) is 38.4 Å². The topological polar surface area (TPSA) is 63.3 Å². The quantitative estimate of drug-likeness (QED) is 0.681. The van der Waals surface area contributed by atoms with Gasteiger partial charge in [-0.2, -0.15) is 0 Å². The van der Waals surface area contributed by atoms with Crippen LogP contribution in [-0.2, 0) is 4.79 Å². The fourth-order valence-corrected chi connectivity index (χ4v) is 1.47. The van der Waals surface area contributed by atoms with E-state index in [4.69, 9.17) is 16.3 Å². The summed E-state index contributed by atoms with van der Waals surface area (Å²) >= 11 is 0. The highest BCUT2D eigenvalue weighted by molar-refractivity contribution is 5.67. The molecule has 1 unspecified atom stereocenters. The summed E-state index contributed by atoms with van der Waals surface area (Å²) in [6.07, 6.45) is -3.90. The highest BCUT2D eigenvalue weighted by Gasteiger charge is 2.32. The molecule has 12 heavy (non-hydrogen) atoms. The van der Waals surface area contributed by atoms with Crippen LogP contribution in [0.5, 0.6) is 0 Å². The molecule has 1 rings (SSSR count). The number of carbonyl (C=O) groups is 1. The van der Waals surface area contributed by atoms with E-state index >= 15 is 0 Å². The molecule has 70 valence electrons. The summed E-state index contributed by atoms with van der Waals surface area (Å²) in [5.41, 5.74) is 4.74. The lowest BCUT2D eigenvalue weighted by molar-refractivity contribution is -0.140. The van der Waals surface area contributed by atoms with Gasteiger partial charge in [0.1, 0.15) is 0 Å². The molecule has 1 saturated carbocycles. The lowest BCUT2D eigenvalue weighted by Crippen LogP contribution is -2.34. The van der Waals surface area contributed by atoms with E-state index in [-0.39, 0.29) is 25.8 Å². The van der Waals surface area contributed by atoms with E-state index in [2.05, 4.69) is 0 Å². The molecule has 0 heterocycles. The number of aliphatic carboxylic acids is 1. The smallest absolute Gasteiger partial charge is 0.303 e. The molecule has 1 aliphatic carbocycles. The Labute approximate surface area is 78.6 Å². The van der Waals surface area contributed by atoms with Gasteiger partial charge in [0.2, 0.25) is 0 Å². The standard InChI is InChI=1S/C9H17NO2/c10-7-9(6-8(11)12)4-2-1-3-5-9/h1-7,10H2,(H,11,12)/i1D2,2D2. The average Bonchev–Trinajstić information content (AvgIpc) is 2.11. The molecule has 3 N–H and O–H groups in total. The summed E-state index contributed by atoms with van der Waals surface area (Å²) in [5, 5.41) is 8.79. The molecule has 0 spiro atoms. The number of hydrogen-bond donors (Lipinski definition) is 2. The molecule has 1 fully saturated rings. The van der Waals surface area contributed by atoms with E-state index in [1.807, 2.05) is 0 Å². The van der Waals surface area contributed by atoms with E-state index in [0.29, 0.717) is 6.42 Å². The zero-order chi connectivity index (χ0) is 12.6. The maximum atomic E-state index is 10.7. The first-order chi connectivity index (χ1) is 7.14. The Morgan fingerprint density at radius 1 is 1.58 bits per heavy atom. The SMILES string of the molecule is [2H]C1([2H])CCC(CN)(CC(=O)O)CC1([2H])[2H]. The molecular formula is C9H17NO2. The highest BCUT2D eigenvalue weighted by atomic mass is 16.4. The maximum absolute atomic E-state index is 10.7. The Kier molecular flexibility index (Phi) is 1.70. The van der Waals surface area contributed by atoms with Gasteiger partial charge >= 0.3 is 5.97 Å². The van der Waals surface area contributed by atoms with Crippen LogP contribution < -0.4 is 5.73 Å². The second-order valence-corrected chi connectivity index (χ2v) is 3.30. The van der Waals surface area contributed by atoms with Gasteiger partial charge in [-0.15, -0.1) is 0 Å². The summed E-state index contributed by atoms with van der Waals surface area (Å²) in [6, 6.07) is 0. The molecule has 0 aromatic heterocycles. The normalized spacial score (nSPS) is 43.4. The summed E-state index contributed by atoms with van der Waals surface area (Å²) in [6.45, 7) is 0.0783. The minimum atomic E-state index is -2.01. The Morgan fingerprint density at radius 3 is 2.83 bits per heavy atom. The predicted octanol–water partition coefficient (Wildman–Crippen LogP) is 1.37. The zero-order valence-corrected chi connectivity index (χ0v) is 6.97. The molecule has 0 amide bonds. The van der Waals surface area contributed by atoms with Crippen LogP contribution in [0.1, 0.15) is 43.9 Å². The van der Waals surface area contributed by atoms with Crippen LogP contribution in [0, 0.1) is 5.41 Å². The summed E-state index contributed by atoms with van der Waals surface area (Å²) in [5.74, 6) is -1.01. The van der Waals surface area contributed by atoms with Crippen molar-refractivity contribution in [2.24, 2.45) is 11.1 Å². The van der Waals surface area contributed by atoms with Crippen molar-refractivity contribution in [1.82, 2.24) is 0 Å². The monoisotopic (exact) mass is 175 g/mol. The van der Waals surface area contributed by atoms with E-state index in [1.165, 1.54) is 0 Å². The minimum absolute atomic E-state index is 0.0183. The molecule has 0 aromatic rings. The molecule has 1 aliphatic rings. The van der Waals surface area contributed by atoms with Crippen molar-refractivity contribution < 1.29 is 15.4 Å². The lowest BCUT2D eigenvalue weighted by atomic mass is 9.72. The maximum Gasteiger partial charge on any atom is 0.303 e. The van der Waals surface area contributed by atoms with Gasteiger partial charge in [-0.1, -0.05) is 19.2 Å². The van der Waals surface area contributed by atoms with Crippen molar-refractivity contribution in [3.63, 3.8) is 0 Å². The van der Waals surface area contributed by atoms with Gasteiger partial charge in [0, 0.05) is 5.48 Å². The van der Waals surface area contributed by atoms with E-state index in [1.54, 1.807) is 0 Å². The third kappa shape index (κ3) is 2.21. The van der Waals surface area contributed by atoms with Crippen molar-refractivity contribution in [3.05, 3.63) is 0 Å². The van der Waals surface area contributed by atoms with Gasteiger partial charge in [-0.05, 0) is 24.8 Å². The molecule has 0 saturated heterocycles. The van der Waals surface area contributed by atoms with Crippen LogP contribution in [0.2, 0.25) is 0 Å². The molecule has 0 aliphatic heterocycles. The molecule has 0 radical (unpaired) electrons. The molecule has 0 aromatic carbocycles. The zero-order valence-electron chi connectivity index (χ0n) is 11.0. The third-order valence-electron chi connectivity index (χ3n) is 2.33. The van der Waals surface area contributed by atoms with E-state index in [0.717, 1.165) is 0 Å². The first-order valence-corrected chi connectivity index (χ1v) is 4.06. The van der Waals surface area contributed by atoms with Crippen molar-refractivity contribution in [1.29, 1.82) is 0 Å². The van der Waals surface area contributed by atoms with Gasteiger partial charge in [-0.3, -0.25) is 4.79 Å². The largest absolute Gasteiger partial charge is 0.481 e. The van der Waals surface area contributed by atoms with Crippen LogP contribution in [0.4, 0.5) is 0 Å². The number of rotatable bonds is 3. The van der Waals surface area contributed by atoms with Crippen LogP contribution >= 0.6 is 0 Å². The Hall–Kier alpha value is -0.570. The van der Waals surface area contributed by atoms with Crippen LogP contribution in [0.25, 0.3) is 0 Å².